The van der Waals surface area contributed by atoms with Gasteiger partial charge in [-0.1, -0.05) is 23.4 Å². The molecule has 0 radical (unpaired) electrons. The number of carbonyl (C=O) groups excluding carboxylic acids is 1. The second-order valence-corrected chi connectivity index (χ2v) is 6.45. The van der Waals surface area contributed by atoms with Gasteiger partial charge < -0.3 is 19.2 Å². The molecule has 1 N–H and O–H groups in total. The second kappa shape index (κ2) is 6.99. The highest BCUT2D eigenvalue weighted by Crippen LogP contribution is 2.28. The van der Waals surface area contributed by atoms with Crippen molar-refractivity contribution in [2.75, 3.05) is 19.0 Å². The molecule has 1 amide bonds. The number of nitrogens with zero attached hydrogens (tertiary/aromatic N) is 2. The maximum absolute atomic E-state index is 12.3. The zero-order valence-electron chi connectivity index (χ0n) is 15.1. The van der Waals surface area contributed by atoms with Gasteiger partial charge in [0.25, 0.3) is 5.91 Å². The molecule has 0 aliphatic carbocycles. The molecular weight excluding hydrogens is 342 g/mol. The van der Waals surface area contributed by atoms with Gasteiger partial charge in [-0.25, -0.2) is 0 Å². The van der Waals surface area contributed by atoms with Crippen molar-refractivity contribution in [3.05, 3.63) is 71.9 Å². The molecule has 0 bridgehead atoms. The van der Waals surface area contributed by atoms with Crippen LogP contribution in [0.5, 0.6) is 0 Å². The molecule has 2 aromatic heterocycles. The van der Waals surface area contributed by atoms with Crippen molar-refractivity contribution in [1.29, 1.82) is 0 Å². The minimum atomic E-state index is -0.159. The van der Waals surface area contributed by atoms with Gasteiger partial charge >= 0.3 is 0 Å². The molecule has 6 nitrogen and oxygen atoms in total. The molecule has 0 saturated carbocycles. The standard InChI is InChI=1S/C21H19N3O3/c1-24(2)17-9-7-14(8-10-17)21(25)22-13-16-12-20(27-23-16)19-11-15-5-3-4-6-18(15)26-19/h3-12H,13H2,1-2H3,(H,22,25). The quantitative estimate of drug-likeness (QED) is 0.580. The molecule has 0 aliphatic rings. The average Bonchev–Trinajstić information content (AvgIpc) is 3.32. The minimum absolute atomic E-state index is 0.159. The van der Waals surface area contributed by atoms with Gasteiger partial charge in [0.15, 0.2) is 5.76 Å². The topological polar surface area (TPSA) is 71.5 Å². The van der Waals surface area contributed by atoms with Crippen molar-refractivity contribution < 1.29 is 13.7 Å². The number of aromatic nitrogens is 1. The van der Waals surface area contributed by atoms with Crippen LogP contribution in [-0.2, 0) is 6.54 Å². The SMILES string of the molecule is CN(C)c1ccc(C(=O)NCc2cc(-c3cc4ccccc4o3)on2)cc1. The Bertz CT molecular complexity index is 1040. The summed E-state index contributed by atoms with van der Waals surface area (Å²) in [5, 5.41) is 7.86. The number of para-hydroxylation sites is 1. The Morgan fingerprint density at radius 3 is 2.56 bits per heavy atom. The fraction of sp³-hybridized carbons (Fsp3) is 0.143. The van der Waals surface area contributed by atoms with E-state index in [0.29, 0.717) is 22.8 Å². The maximum atomic E-state index is 12.3. The van der Waals surface area contributed by atoms with Crippen LogP contribution in [0.2, 0.25) is 0 Å². The highest BCUT2D eigenvalue weighted by Gasteiger charge is 2.13. The predicted molar refractivity (Wildman–Crippen MR) is 104 cm³/mol. The van der Waals surface area contributed by atoms with Crippen molar-refractivity contribution in [1.82, 2.24) is 10.5 Å². The molecule has 4 aromatic rings. The Kier molecular flexibility index (Phi) is 4.38. The number of carbonyl (C=O) groups is 1. The third kappa shape index (κ3) is 3.55. The number of amides is 1. The van der Waals surface area contributed by atoms with Crippen LogP contribution in [0.4, 0.5) is 5.69 Å². The summed E-state index contributed by atoms with van der Waals surface area (Å²) in [5.74, 6) is 0.986. The van der Waals surface area contributed by atoms with Crippen molar-refractivity contribution in [2.24, 2.45) is 0 Å². The first kappa shape index (κ1) is 16.9. The summed E-state index contributed by atoms with van der Waals surface area (Å²) in [6.45, 7) is 0.276. The molecule has 0 atom stereocenters. The number of anilines is 1. The van der Waals surface area contributed by atoms with Gasteiger partial charge in [0.1, 0.15) is 11.3 Å². The lowest BCUT2D eigenvalue weighted by Crippen LogP contribution is -2.23. The molecule has 0 fully saturated rings. The molecule has 2 aromatic carbocycles. The van der Waals surface area contributed by atoms with Crippen LogP contribution in [0.25, 0.3) is 22.5 Å². The van der Waals surface area contributed by atoms with E-state index in [0.717, 1.165) is 16.7 Å². The van der Waals surface area contributed by atoms with Gasteiger partial charge in [-0.05, 0) is 36.4 Å². The smallest absolute Gasteiger partial charge is 0.251 e. The number of hydrogen-bond donors (Lipinski definition) is 1. The summed E-state index contributed by atoms with van der Waals surface area (Å²) in [7, 11) is 3.92. The third-order valence-corrected chi connectivity index (χ3v) is 4.30. The average molecular weight is 361 g/mol. The van der Waals surface area contributed by atoms with E-state index in [1.165, 1.54) is 0 Å². The predicted octanol–water partition coefficient (Wildman–Crippen LogP) is 4.08. The molecule has 136 valence electrons. The maximum Gasteiger partial charge on any atom is 0.251 e. The lowest BCUT2D eigenvalue weighted by atomic mass is 10.2. The Morgan fingerprint density at radius 1 is 1.04 bits per heavy atom. The van der Waals surface area contributed by atoms with E-state index >= 15 is 0 Å². The van der Waals surface area contributed by atoms with E-state index in [1.54, 1.807) is 18.2 Å². The first-order valence-corrected chi connectivity index (χ1v) is 8.60. The van der Waals surface area contributed by atoms with Crippen molar-refractivity contribution in [3.8, 4) is 11.5 Å². The molecule has 0 unspecified atom stereocenters. The van der Waals surface area contributed by atoms with Gasteiger partial charge in [-0.15, -0.1) is 0 Å². The molecule has 0 spiro atoms. The summed E-state index contributed by atoms with van der Waals surface area (Å²) in [6, 6.07) is 18.8. The van der Waals surface area contributed by atoms with E-state index in [9.17, 15) is 4.79 Å². The van der Waals surface area contributed by atoms with E-state index < -0.39 is 0 Å². The first-order valence-electron chi connectivity index (χ1n) is 8.60. The molecule has 4 rings (SSSR count). The van der Waals surface area contributed by atoms with Crippen LogP contribution in [0, 0.1) is 0 Å². The third-order valence-electron chi connectivity index (χ3n) is 4.30. The van der Waals surface area contributed by atoms with Crippen LogP contribution < -0.4 is 10.2 Å². The monoisotopic (exact) mass is 361 g/mol. The fourth-order valence-corrected chi connectivity index (χ4v) is 2.80. The summed E-state index contributed by atoms with van der Waals surface area (Å²) in [5.41, 5.74) is 3.06. The molecule has 0 saturated heterocycles. The van der Waals surface area contributed by atoms with Crippen LogP contribution in [0.15, 0.2) is 69.6 Å². The van der Waals surface area contributed by atoms with Gasteiger partial charge in [0.05, 0.1) is 6.54 Å². The Labute approximate surface area is 156 Å². The van der Waals surface area contributed by atoms with E-state index in [4.69, 9.17) is 8.94 Å². The van der Waals surface area contributed by atoms with Gasteiger partial charge in [0.2, 0.25) is 5.76 Å². The normalized spacial score (nSPS) is 10.9. The number of hydrogen-bond acceptors (Lipinski definition) is 5. The van der Waals surface area contributed by atoms with E-state index in [-0.39, 0.29) is 12.5 Å². The van der Waals surface area contributed by atoms with Crippen molar-refractivity contribution in [3.63, 3.8) is 0 Å². The van der Waals surface area contributed by atoms with Gasteiger partial charge in [0, 0.05) is 36.8 Å². The highest BCUT2D eigenvalue weighted by atomic mass is 16.5. The summed E-state index contributed by atoms with van der Waals surface area (Å²) >= 11 is 0. The minimum Gasteiger partial charge on any atom is -0.453 e. The first-order chi connectivity index (χ1) is 13.1. The van der Waals surface area contributed by atoms with Crippen molar-refractivity contribution in [2.45, 2.75) is 6.54 Å². The zero-order chi connectivity index (χ0) is 18.8. The number of fused-ring (bicyclic) bond motifs is 1. The lowest BCUT2D eigenvalue weighted by Gasteiger charge is -2.12. The van der Waals surface area contributed by atoms with Crippen molar-refractivity contribution >= 4 is 22.6 Å². The molecule has 27 heavy (non-hydrogen) atoms. The van der Waals surface area contributed by atoms with Crippen LogP contribution in [0.1, 0.15) is 16.1 Å². The number of furan rings is 1. The largest absolute Gasteiger partial charge is 0.453 e. The number of nitrogens with one attached hydrogen (secondary N) is 1. The Morgan fingerprint density at radius 2 is 1.81 bits per heavy atom. The Hall–Kier alpha value is -3.54. The van der Waals surface area contributed by atoms with E-state index in [1.807, 2.05) is 61.5 Å². The summed E-state index contributed by atoms with van der Waals surface area (Å²) in [6.07, 6.45) is 0. The van der Waals surface area contributed by atoms with Crippen LogP contribution in [0.3, 0.4) is 0 Å². The zero-order valence-corrected chi connectivity index (χ0v) is 15.1. The molecule has 6 heteroatoms. The second-order valence-electron chi connectivity index (χ2n) is 6.45. The van der Waals surface area contributed by atoms with Crippen LogP contribution in [-0.4, -0.2) is 25.2 Å². The molecule has 2 heterocycles. The summed E-state index contributed by atoms with van der Waals surface area (Å²) < 4.78 is 11.1. The number of benzene rings is 2. The van der Waals surface area contributed by atoms with Gasteiger partial charge in [-0.3, -0.25) is 4.79 Å². The fourth-order valence-electron chi connectivity index (χ4n) is 2.80. The molecular formula is C21H19N3O3. The van der Waals surface area contributed by atoms with Gasteiger partial charge in [-0.2, -0.15) is 0 Å². The lowest BCUT2D eigenvalue weighted by molar-refractivity contribution is 0.0950. The van der Waals surface area contributed by atoms with Crippen LogP contribution >= 0.6 is 0 Å². The van der Waals surface area contributed by atoms with E-state index in [2.05, 4.69) is 10.5 Å². The highest BCUT2D eigenvalue weighted by molar-refractivity contribution is 5.94. The Balaban J connectivity index is 1.42. The summed E-state index contributed by atoms with van der Waals surface area (Å²) in [4.78, 5) is 14.3. The molecule has 0 aliphatic heterocycles. The number of rotatable bonds is 5.